The summed E-state index contributed by atoms with van der Waals surface area (Å²) in [4.78, 5) is 0. The van der Waals surface area contributed by atoms with E-state index >= 15 is 0 Å². The van der Waals surface area contributed by atoms with E-state index in [1.165, 1.54) is 0 Å². The van der Waals surface area contributed by atoms with Crippen LogP contribution in [0, 0.1) is 0 Å². The van der Waals surface area contributed by atoms with Crippen LogP contribution in [0.1, 0.15) is 20.8 Å². The van der Waals surface area contributed by atoms with Crippen molar-refractivity contribution in [2.75, 3.05) is 23.8 Å². The Morgan fingerprint density at radius 2 is 2.20 bits per heavy atom. The van der Waals surface area contributed by atoms with E-state index in [0.717, 1.165) is 23.7 Å². The highest BCUT2D eigenvalue weighted by Gasteiger charge is 2.25. The van der Waals surface area contributed by atoms with Gasteiger partial charge in [-0.1, -0.05) is 6.07 Å². The molecule has 0 saturated heterocycles. The van der Waals surface area contributed by atoms with Gasteiger partial charge < -0.3 is 15.4 Å². The van der Waals surface area contributed by atoms with Crippen LogP contribution in [-0.4, -0.2) is 18.7 Å². The molecule has 1 aromatic rings. The first-order valence-corrected chi connectivity index (χ1v) is 5.40. The van der Waals surface area contributed by atoms with Gasteiger partial charge in [-0.3, -0.25) is 0 Å². The molecule has 0 atom stereocenters. The fourth-order valence-corrected chi connectivity index (χ4v) is 1.81. The molecule has 82 valence electrons. The molecule has 3 heteroatoms. The second kappa shape index (κ2) is 3.65. The molecule has 1 aromatic carbocycles. The summed E-state index contributed by atoms with van der Waals surface area (Å²) in [5, 5.41) is 6.91. The molecule has 2 rings (SSSR count). The first-order valence-electron chi connectivity index (χ1n) is 5.40. The van der Waals surface area contributed by atoms with Gasteiger partial charge in [0, 0.05) is 12.1 Å². The van der Waals surface area contributed by atoms with E-state index in [4.69, 9.17) is 4.74 Å². The number of nitrogens with one attached hydrogen (secondary N) is 2. The molecule has 0 aromatic heterocycles. The molecule has 2 N–H and O–H groups in total. The van der Waals surface area contributed by atoms with Crippen molar-refractivity contribution in [3.05, 3.63) is 18.2 Å². The van der Waals surface area contributed by atoms with Crippen LogP contribution in [0.2, 0.25) is 0 Å². The van der Waals surface area contributed by atoms with E-state index in [1.54, 1.807) is 0 Å². The average molecular weight is 206 g/mol. The standard InChI is InChI=1S/C12H18N2O/c1-4-15-10-7-5-6-9-11(10)13-8-12(2,3)14-9/h5-7,13-14H,4,8H2,1-3H3. The third-order valence-corrected chi connectivity index (χ3v) is 2.51. The summed E-state index contributed by atoms with van der Waals surface area (Å²) in [7, 11) is 0. The smallest absolute Gasteiger partial charge is 0.144 e. The van der Waals surface area contributed by atoms with Crippen LogP contribution >= 0.6 is 0 Å². The normalized spacial score (nSPS) is 17.3. The van der Waals surface area contributed by atoms with E-state index in [9.17, 15) is 0 Å². The predicted molar refractivity (Wildman–Crippen MR) is 63.8 cm³/mol. The second-order valence-corrected chi connectivity index (χ2v) is 4.47. The molecule has 1 aliphatic heterocycles. The molecular weight excluding hydrogens is 188 g/mol. The second-order valence-electron chi connectivity index (χ2n) is 4.47. The van der Waals surface area contributed by atoms with Gasteiger partial charge in [-0.05, 0) is 32.9 Å². The highest BCUT2D eigenvalue weighted by atomic mass is 16.5. The monoisotopic (exact) mass is 206 g/mol. The molecule has 0 fully saturated rings. The van der Waals surface area contributed by atoms with Gasteiger partial charge in [0.05, 0.1) is 12.3 Å². The Labute approximate surface area is 90.8 Å². The summed E-state index contributed by atoms with van der Waals surface area (Å²) in [6, 6.07) is 6.08. The number of rotatable bonds is 2. The van der Waals surface area contributed by atoms with Crippen LogP contribution in [0.3, 0.4) is 0 Å². The van der Waals surface area contributed by atoms with Crippen molar-refractivity contribution in [2.45, 2.75) is 26.3 Å². The molecule has 1 aliphatic rings. The predicted octanol–water partition coefficient (Wildman–Crippen LogP) is 2.70. The van der Waals surface area contributed by atoms with Gasteiger partial charge in [0.1, 0.15) is 11.4 Å². The van der Waals surface area contributed by atoms with E-state index in [2.05, 4.69) is 30.5 Å². The molecule has 3 nitrogen and oxygen atoms in total. The third kappa shape index (κ3) is 2.01. The number of benzene rings is 1. The zero-order chi connectivity index (χ0) is 10.9. The van der Waals surface area contributed by atoms with Crippen molar-refractivity contribution in [3.63, 3.8) is 0 Å². The Morgan fingerprint density at radius 3 is 2.93 bits per heavy atom. The molecule has 15 heavy (non-hydrogen) atoms. The maximum Gasteiger partial charge on any atom is 0.144 e. The largest absolute Gasteiger partial charge is 0.492 e. The van der Waals surface area contributed by atoms with E-state index in [-0.39, 0.29) is 5.54 Å². The van der Waals surface area contributed by atoms with Crippen LogP contribution in [-0.2, 0) is 0 Å². The van der Waals surface area contributed by atoms with Crippen LogP contribution in [0.25, 0.3) is 0 Å². The van der Waals surface area contributed by atoms with Crippen LogP contribution in [0.15, 0.2) is 18.2 Å². The Balaban J connectivity index is 2.33. The van der Waals surface area contributed by atoms with Crippen molar-refractivity contribution in [1.82, 2.24) is 0 Å². The molecule has 0 aliphatic carbocycles. The van der Waals surface area contributed by atoms with Gasteiger partial charge in [0.2, 0.25) is 0 Å². The van der Waals surface area contributed by atoms with Crippen molar-refractivity contribution >= 4 is 11.4 Å². The minimum absolute atomic E-state index is 0.0951. The molecule has 0 bridgehead atoms. The Kier molecular flexibility index (Phi) is 2.47. The summed E-state index contributed by atoms with van der Waals surface area (Å²) >= 11 is 0. The molecule has 0 radical (unpaired) electrons. The summed E-state index contributed by atoms with van der Waals surface area (Å²) in [5.74, 6) is 0.929. The van der Waals surface area contributed by atoms with Gasteiger partial charge in [-0.2, -0.15) is 0 Å². The molecule has 0 saturated carbocycles. The minimum Gasteiger partial charge on any atom is -0.492 e. The highest BCUT2D eigenvalue weighted by molar-refractivity contribution is 5.78. The molecule has 1 heterocycles. The lowest BCUT2D eigenvalue weighted by Gasteiger charge is -2.35. The van der Waals surface area contributed by atoms with Crippen LogP contribution in [0.5, 0.6) is 5.75 Å². The SMILES string of the molecule is CCOc1cccc2c1NCC(C)(C)N2. The lowest BCUT2D eigenvalue weighted by molar-refractivity contribution is 0.341. The van der Waals surface area contributed by atoms with Crippen molar-refractivity contribution in [3.8, 4) is 5.75 Å². The Morgan fingerprint density at radius 1 is 1.40 bits per heavy atom. The lowest BCUT2D eigenvalue weighted by Crippen LogP contribution is -2.42. The van der Waals surface area contributed by atoms with Crippen LogP contribution < -0.4 is 15.4 Å². The zero-order valence-corrected chi connectivity index (χ0v) is 9.55. The summed E-state index contributed by atoms with van der Waals surface area (Å²) < 4.78 is 5.57. The van der Waals surface area contributed by atoms with Gasteiger partial charge >= 0.3 is 0 Å². The van der Waals surface area contributed by atoms with Crippen molar-refractivity contribution < 1.29 is 4.74 Å². The molecule has 0 amide bonds. The number of fused-ring (bicyclic) bond motifs is 1. The number of hydrogen-bond donors (Lipinski definition) is 2. The first kappa shape index (κ1) is 10.1. The van der Waals surface area contributed by atoms with E-state index in [1.807, 2.05) is 19.1 Å². The van der Waals surface area contributed by atoms with Gasteiger partial charge in [0.15, 0.2) is 0 Å². The maximum absolute atomic E-state index is 5.57. The average Bonchev–Trinajstić information content (AvgIpc) is 2.16. The van der Waals surface area contributed by atoms with Gasteiger partial charge in [-0.25, -0.2) is 0 Å². The number of hydrogen-bond acceptors (Lipinski definition) is 3. The fraction of sp³-hybridized carbons (Fsp3) is 0.500. The molecule has 0 spiro atoms. The maximum atomic E-state index is 5.57. The number of para-hydroxylation sites is 1. The fourth-order valence-electron chi connectivity index (χ4n) is 1.81. The van der Waals surface area contributed by atoms with Gasteiger partial charge in [-0.15, -0.1) is 0 Å². The summed E-state index contributed by atoms with van der Waals surface area (Å²) in [5.41, 5.74) is 2.30. The number of ether oxygens (including phenoxy) is 1. The third-order valence-electron chi connectivity index (χ3n) is 2.51. The van der Waals surface area contributed by atoms with E-state index in [0.29, 0.717) is 6.61 Å². The minimum atomic E-state index is 0.0951. The quantitative estimate of drug-likeness (QED) is 0.780. The highest BCUT2D eigenvalue weighted by Crippen LogP contribution is 2.37. The van der Waals surface area contributed by atoms with Gasteiger partial charge in [0.25, 0.3) is 0 Å². The lowest BCUT2D eigenvalue weighted by atomic mass is 10.0. The Bertz CT molecular complexity index is 361. The molecule has 0 unspecified atom stereocenters. The Hall–Kier alpha value is -1.38. The van der Waals surface area contributed by atoms with Crippen molar-refractivity contribution in [2.24, 2.45) is 0 Å². The van der Waals surface area contributed by atoms with Crippen LogP contribution in [0.4, 0.5) is 11.4 Å². The van der Waals surface area contributed by atoms with E-state index < -0.39 is 0 Å². The zero-order valence-electron chi connectivity index (χ0n) is 9.55. The summed E-state index contributed by atoms with van der Waals surface area (Å²) in [6.45, 7) is 7.96. The molecular formula is C12H18N2O. The first-order chi connectivity index (χ1) is 7.12. The van der Waals surface area contributed by atoms with Crippen molar-refractivity contribution in [1.29, 1.82) is 0 Å². The summed E-state index contributed by atoms with van der Waals surface area (Å²) in [6.07, 6.45) is 0. The number of anilines is 2. The topological polar surface area (TPSA) is 33.3 Å².